The highest BCUT2D eigenvalue weighted by Crippen LogP contribution is 2.27. The molecule has 1 aliphatic rings. The van der Waals surface area contributed by atoms with Gasteiger partial charge in [-0.2, -0.15) is 0 Å². The van der Waals surface area contributed by atoms with Crippen molar-refractivity contribution in [2.24, 2.45) is 0 Å². The van der Waals surface area contributed by atoms with Crippen LogP contribution in [0.3, 0.4) is 0 Å². The molecule has 27 heavy (non-hydrogen) atoms. The van der Waals surface area contributed by atoms with Crippen molar-refractivity contribution in [1.29, 1.82) is 0 Å². The number of benzene rings is 1. The molecule has 0 amide bonds. The van der Waals surface area contributed by atoms with Crippen LogP contribution in [0.4, 0.5) is 5.69 Å². The fourth-order valence-electron chi connectivity index (χ4n) is 3.36. The largest absolute Gasteiger partial charge is 0.473 e. The number of nitrogens with one attached hydrogen (secondary N) is 2. The second-order valence-electron chi connectivity index (χ2n) is 6.88. The first kappa shape index (κ1) is 19.5. The van der Waals surface area contributed by atoms with E-state index in [0.29, 0.717) is 5.88 Å². The average Bonchev–Trinajstić information content (AvgIpc) is 3.04. The van der Waals surface area contributed by atoms with Crippen LogP contribution >= 0.6 is 12.4 Å². The molecular formula is C20H26ClN5O. The molecule has 1 aliphatic heterocycles. The van der Waals surface area contributed by atoms with Crippen LogP contribution in [0, 0.1) is 6.92 Å². The van der Waals surface area contributed by atoms with E-state index in [0.717, 1.165) is 43.0 Å². The first-order chi connectivity index (χ1) is 12.7. The second kappa shape index (κ2) is 8.59. The van der Waals surface area contributed by atoms with Gasteiger partial charge in [0.1, 0.15) is 6.10 Å². The molecule has 1 aromatic carbocycles. The van der Waals surface area contributed by atoms with Gasteiger partial charge in [-0.3, -0.25) is 0 Å². The molecule has 0 aliphatic carbocycles. The maximum Gasteiger partial charge on any atom is 0.234 e. The van der Waals surface area contributed by atoms with Crippen LogP contribution < -0.4 is 15.4 Å². The predicted molar refractivity (Wildman–Crippen MR) is 110 cm³/mol. The van der Waals surface area contributed by atoms with E-state index < -0.39 is 0 Å². The fourth-order valence-corrected chi connectivity index (χ4v) is 3.36. The zero-order valence-electron chi connectivity index (χ0n) is 15.7. The summed E-state index contributed by atoms with van der Waals surface area (Å²) in [5, 5.41) is 11.6. The summed E-state index contributed by atoms with van der Waals surface area (Å²) in [7, 11) is 0. The maximum absolute atomic E-state index is 6.18. The molecule has 144 valence electrons. The number of aromatic nitrogens is 3. The summed E-state index contributed by atoms with van der Waals surface area (Å²) >= 11 is 0. The second-order valence-corrected chi connectivity index (χ2v) is 6.88. The van der Waals surface area contributed by atoms with Crippen molar-refractivity contribution < 1.29 is 4.74 Å². The summed E-state index contributed by atoms with van der Waals surface area (Å²) in [6, 6.07) is 12.5. The molecule has 7 heteroatoms. The molecule has 4 rings (SSSR count). The molecule has 0 radical (unpaired) electrons. The Balaban J connectivity index is 0.00000210. The number of nitrogens with zero attached hydrogens (tertiary/aromatic N) is 3. The minimum absolute atomic E-state index is 0. The van der Waals surface area contributed by atoms with E-state index in [4.69, 9.17) is 4.74 Å². The number of aryl methyl sites for hydroxylation is 1. The number of imidazole rings is 1. The molecule has 1 fully saturated rings. The monoisotopic (exact) mass is 387 g/mol. The standard InChI is InChI=1S/C20H25N5O.ClH/c1-14-13-22-20-18(23-15(2)16-6-4-3-5-7-16)12-19(24-25(14)20)26-17-8-10-21-11-9-17;/h3-7,12-13,15,17,21,23H,8-11H2,1-2H3;1H. The van der Waals surface area contributed by atoms with Gasteiger partial charge in [0.2, 0.25) is 5.88 Å². The van der Waals surface area contributed by atoms with E-state index in [1.807, 2.05) is 29.8 Å². The number of hydrogen-bond donors (Lipinski definition) is 2. The number of ether oxygens (including phenoxy) is 1. The Labute approximate surface area is 165 Å². The van der Waals surface area contributed by atoms with E-state index in [2.05, 4.69) is 51.9 Å². The molecule has 1 saturated heterocycles. The smallest absolute Gasteiger partial charge is 0.234 e. The summed E-state index contributed by atoms with van der Waals surface area (Å²) in [6.45, 7) is 6.14. The summed E-state index contributed by atoms with van der Waals surface area (Å²) in [5.74, 6) is 0.647. The van der Waals surface area contributed by atoms with Crippen molar-refractivity contribution in [2.45, 2.75) is 38.8 Å². The first-order valence-corrected chi connectivity index (χ1v) is 9.25. The fraction of sp³-hybridized carbons (Fsp3) is 0.400. The number of hydrogen-bond acceptors (Lipinski definition) is 5. The lowest BCUT2D eigenvalue weighted by atomic mass is 10.1. The van der Waals surface area contributed by atoms with Crippen LogP contribution in [0.15, 0.2) is 42.6 Å². The van der Waals surface area contributed by atoms with E-state index in [1.165, 1.54) is 5.56 Å². The molecule has 0 spiro atoms. The van der Waals surface area contributed by atoms with E-state index in [-0.39, 0.29) is 24.6 Å². The Morgan fingerprint density at radius 3 is 2.70 bits per heavy atom. The predicted octanol–water partition coefficient (Wildman–Crippen LogP) is 3.76. The minimum Gasteiger partial charge on any atom is -0.473 e. The van der Waals surface area contributed by atoms with Gasteiger partial charge in [0.25, 0.3) is 0 Å². The van der Waals surface area contributed by atoms with Gasteiger partial charge in [0, 0.05) is 12.1 Å². The molecule has 2 aromatic heterocycles. The van der Waals surface area contributed by atoms with Crippen molar-refractivity contribution in [3.05, 3.63) is 53.9 Å². The lowest BCUT2D eigenvalue weighted by Gasteiger charge is -2.24. The van der Waals surface area contributed by atoms with E-state index in [9.17, 15) is 0 Å². The molecule has 1 unspecified atom stereocenters. The first-order valence-electron chi connectivity index (χ1n) is 9.25. The highest BCUT2D eigenvalue weighted by atomic mass is 35.5. The minimum atomic E-state index is 0. The van der Waals surface area contributed by atoms with Gasteiger partial charge in [-0.15, -0.1) is 17.5 Å². The van der Waals surface area contributed by atoms with Crippen molar-refractivity contribution >= 4 is 23.7 Å². The summed E-state index contributed by atoms with van der Waals surface area (Å²) in [4.78, 5) is 4.53. The molecule has 0 saturated carbocycles. The van der Waals surface area contributed by atoms with Gasteiger partial charge in [-0.05, 0) is 45.3 Å². The Morgan fingerprint density at radius 2 is 1.96 bits per heavy atom. The van der Waals surface area contributed by atoms with Crippen LogP contribution in [0.25, 0.3) is 5.65 Å². The van der Waals surface area contributed by atoms with Gasteiger partial charge in [-0.25, -0.2) is 9.50 Å². The number of fused-ring (bicyclic) bond motifs is 1. The number of anilines is 1. The van der Waals surface area contributed by atoms with Crippen LogP contribution in [0.2, 0.25) is 0 Å². The third kappa shape index (κ3) is 4.34. The zero-order chi connectivity index (χ0) is 17.9. The van der Waals surface area contributed by atoms with Crippen molar-refractivity contribution in [2.75, 3.05) is 18.4 Å². The molecular weight excluding hydrogens is 362 g/mol. The van der Waals surface area contributed by atoms with Crippen LogP contribution in [0.1, 0.15) is 37.1 Å². The third-order valence-corrected chi connectivity index (χ3v) is 4.86. The average molecular weight is 388 g/mol. The van der Waals surface area contributed by atoms with Gasteiger partial charge in [0.15, 0.2) is 5.65 Å². The number of rotatable bonds is 5. The summed E-state index contributed by atoms with van der Waals surface area (Å²) in [6.07, 6.45) is 4.07. The Kier molecular flexibility index (Phi) is 6.19. The van der Waals surface area contributed by atoms with Gasteiger partial charge < -0.3 is 15.4 Å². The van der Waals surface area contributed by atoms with Crippen molar-refractivity contribution in [1.82, 2.24) is 19.9 Å². The SMILES string of the molecule is Cc1cnc2c(NC(C)c3ccccc3)cc(OC3CCNCC3)nn12.Cl. The maximum atomic E-state index is 6.18. The van der Waals surface area contributed by atoms with Gasteiger partial charge in [-0.1, -0.05) is 30.3 Å². The lowest BCUT2D eigenvalue weighted by Crippen LogP contribution is -2.34. The third-order valence-electron chi connectivity index (χ3n) is 4.86. The van der Waals surface area contributed by atoms with Crippen LogP contribution in [0.5, 0.6) is 5.88 Å². The molecule has 6 nitrogen and oxygen atoms in total. The lowest BCUT2D eigenvalue weighted by molar-refractivity contribution is 0.154. The molecule has 2 N–H and O–H groups in total. The number of halogens is 1. The van der Waals surface area contributed by atoms with Crippen molar-refractivity contribution in [3.8, 4) is 5.88 Å². The summed E-state index contributed by atoms with van der Waals surface area (Å²) in [5.41, 5.74) is 3.98. The van der Waals surface area contributed by atoms with Gasteiger partial charge in [0.05, 0.1) is 17.6 Å². The van der Waals surface area contributed by atoms with Crippen molar-refractivity contribution in [3.63, 3.8) is 0 Å². The van der Waals surface area contributed by atoms with E-state index >= 15 is 0 Å². The highest BCUT2D eigenvalue weighted by Gasteiger charge is 2.18. The number of piperidine rings is 1. The Morgan fingerprint density at radius 1 is 1.22 bits per heavy atom. The summed E-state index contributed by atoms with van der Waals surface area (Å²) < 4.78 is 8.03. The topological polar surface area (TPSA) is 63.5 Å². The van der Waals surface area contributed by atoms with Gasteiger partial charge >= 0.3 is 0 Å². The Hall–Kier alpha value is -2.31. The molecule has 1 atom stereocenters. The zero-order valence-corrected chi connectivity index (χ0v) is 16.5. The normalized spacial score (nSPS) is 15.9. The molecule has 3 aromatic rings. The van der Waals surface area contributed by atoms with Crippen LogP contribution in [-0.2, 0) is 0 Å². The van der Waals surface area contributed by atoms with E-state index in [1.54, 1.807) is 0 Å². The quantitative estimate of drug-likeness (QED) is 0.697. The molecule has 0 bridgehead atoms. The van der Waals surface area contributed by atoms with Crippen LogP contribution in [-0.4, -0.2) is 33.8 Å². The molecule has 3 heterocycles. The highest BCUT2D eigenvalue weighted by molar-refractivity contribution is 5.85. The Bertz CT molecular complexity index is 877.